The standard InChI is InChI=1S/C23H21BrN4O3/c1-13-10-11-25-19(12-13)26-23(30)21-14(2)20-17(4-3-5-18(20)31-21)27-28-22(29)15-6-8-16(24)9-7-15/h6-12H,3-5H2,1-2H3,(H,28,29)(H,25,26,30)/b27-17+. The summed E-state index contributed by atoms with van der Waals surface area (Å²) in [5.74, 6) is 0.763. The highest BCUT2D eigenvalue weighted by Gasteiger charge is 2.28. The van der Waals surface area contributed by atoms with Gasteiger partial charge in [-0.1, -0.05) is 15.9 Å². The molecule has 0 saturated carbocycles. The number of halogens is 1. The van der Waals surface area contributed by atoms with E-state index in [4.69, 9.17) is 4.42 Å². The number of hydrogen-bond donors (Lipinski definition) is 2. The summed E-state index contributed by atoms with van der Waals surface area (Å²) in [5.41, 5.74) is 6.34. The Balaban J connectivity index is 1.56. The lowest BCUT2D eigenvalue weighted by atomic mass is 9.93. The van der Waals surface area contributed by atoms with Crippen molar-refractivity contribution in [2.75, 3.05) is 5.32 Å². The maximum Gasteiger partial charge on any atom is 0.292 e. The summed E-state index contributed by atoms with van der Waals surface area (Å²) in [4.78, 5) is 29.4. The maximum absolute atomic E-state index is 12.8. The lowest BCUT2D eigenvalue weighted by Gasteiger charge is -2.13. The van der Waals surface area contributed by atoms with E-state index in [0.717, 1.165) is 22.0 Å². The first-order valence-electron chi connectivity index (χ1n) is 9.91. The molecule has 2 aromatic heterocycles. The Morgan fingerprint density at radius 1 is 1.10 bits per heavy atom. The van der Waals surface area contributed by atoms with Gasteiger partial charge in [0.25, 0.3) is 11.8 Å². The van der Waals surface area contributed by atoms with E-state index >= 15 is 0 Å². The van der Waals surface area contributed by atoms with E-state index in [-0.39, 0.29) is 17.6 Å². The van der Waals surface area contributed by atoms with Crippen LogP contribution in [-0.2, 0) is 6.42 Å². The number of nitrogens with zero attached hydrogens (tertiary/aromatic N) is 2. The molecule has 0 fully saturated rings. The van der Waals surface area contributed by atoms with Gasteiger partial charge in [0.2, 0.25) is 0 Å². The van der Waals surface area contributed by atoms with E-state index in [2.05, 4.69) is 36.8 Å². The Bertz CT molecular complexity index is 1180. The zero-order valence-electron chi connectivity index (χ0n) is 17.2. The van der Waals surface area contributed by atoms with Crippen LogP contribution in [0.3, 0.4) is 0 Å². The van der Waals surface area contributed by atoms with Crippen LogP contribution in [0.4, 0.5) is 5.82 Å². The zero-order valence-corrected chi connectivity index (χ0v) is 18.7. The molecule has 2 N–H and O–H groups in total. The molecule has 31 heavy (non-hydrogen) atoms. The van der Waals surface area contributed by atoms with E-state index in [1.165, 1.54) is 0 Å². The molecule has 1 aliphatic rings. The van der Waals surface area contributed by atoms with E-state index in [1.54, 1.807) is 36.5 Å². The van der Waals surface area contributed by atoms with Crippen molar-refractivity contribution in [3.63, 3.8) is 0 Å². The van der Waals surface area contributed by atoms with Gasteiger partial charge in [-0.15, -0.1) is 0 Å². The number of amides is 2. The summed E-state index contributed by atoms with van der Waals surface area (Å²) >= 11 is 3.35. The van der Waals surface area contributed by atoms with Crippen molar-refractivity contribution in [2.45, 2.75) is 33.1 Å². The number of aryl methyl sites for hydroxylation is 2. The molecular formula is C23H21BrN4O3. The number of anilines is 1. The third-order valence-corrected chi connectivity index (χ3v) is 5.62. The lowest BCUT2D eigenvalue weighted by molar-refractivity contribution is 0.0953. The summed E-state index contributed by atoms with van der Waals surface area (Å²) in [7, 11) is 0. The van der Waals surface area contributed by atoms with Crippen molar-refractivity contribution in [1.29, 1.82) is 0 Å². The Labute approximate surface area is 188 Å². The van der Waals surface area contributed by atoms with Crippen LogP contribution in [0.15, 0.2) is 56.6 Å². The molecule has 0 radical (unpaired) electrons. The van der Waals surface area contributed by atoms with Gasteiger partial charge in [-0.05, 0) is 68.7 Å². The molecule has 7 nitrogen and oxygen atoms in total. The first-order chi connectivity index (χ1) is 14.9. The Kier molecular flexibility index (Phi) is 5.99. The molecule has 3 aromatic rings. The number of hydrogen-bond acceptors (Lipinski definition) is 5. The summed E-state index contributed by atoms with van der Waals surface area (Å²) in [6.07, 6.45) is 3.87. The van der Waals surface area contributed by atoms with E-state index in [0.29, 0.717) is 41.3 Å². The minimum absolute atomic E-state index is 0.238. The van der Waals surface area contributed by atoms with Gasteiger partial charge in [0.05, 0.1) is 5.71 Å². The molecule has 1 aromatic carbocycles. The molecule has 1 aliphatic carbocycles. The normalized spacial score (nSPS) is 14.2. The predicted octanol–water partition coefficient (Wildman–Crippen LogP) is 4.78. The third-order valence-electron chi connectivity index (χ3n) is 5.09. The number of hydrazone groups is 1. The molecule has 0 aliphatic heterocycles. The minimum atomic E-state index is -0.358. The molecule has 0 atom stereocenters. The Morgan fingerprint density at radius 3 is 2.61 bits per heavy atom. The fourth-order valence-electron chi connectivity index (χ4n) is 3.56. The molecule has 0 unspecified atom stereocenters. The van der Waals surface area contributed by atoms with Gasteiger partial charge in [0.1, 0.15) is 11.6 Å². The number of benzene rings is 1. The van der Waals surface area contributed by atoms with Crippen molar-refractivity contribution in [3.8, 4) is 0 Å². The molecule has 0 spiro atoms. The van der Waals surface area contributed by atoms with Gasteiger partial charge < -0.3 is 9.73 Å². The van der Waals surface area contributed by atoms with Crippen LogP contribution >= 0.6 is 15.9 Å². The van der Waals surface area contributed by atoms with Crippen molar-refractivity contribution in [1.82, 2.24) is 10.4 Å². The smallest absolute Gasteiger partial charge is 0.292 e. The summed E-state index contributed by atoms with van der Waals surface area (Å²) < 4.78 is 6.79. The van der Waals surface area contributed by atoms with E-state index in [9.17, 15) is 9.59 Å². The van der Waals surface area contributed by atoms with Crippen molar-refractivity contribution in [3.05, 3.63) is 80.8 Å². The largest absolute Gasteiger partial charge is 0.455 e. The predicted molar refractivity (Wildman–Crippen MR) is 121 cm³/mol. The molecule has 0 saturated heterocycles. The van der Waals surface area contributed by atoms with Crippen molar-refractivity contribution < 1.29 is 14.0 Å². The number of carbonyl (C=O) groups excluding carboxylic acids is 2. The fourth-order valence-corrected chi connectivity index (χ4v) is 3.82. The van der Waals surface area contributed by atoms with Crippen LogP contribution in [0, 0.1) is 13.8 Å². The highest BCUT2D eigenvalue weighted by atomic mass is 79.9. The molecule has 0 bridgehead atoms. The van der Waals surface area contributed by atoms with Crippen LogP contribution in [0.25, 0.3) is 0 Å². The zero-order chi connectivity index (χ0) is 22.0. The lowest BCUT2D eigenvalue weighted by Crippen LogP contribution is -2.22. The SMILES string of the molecule is Cc1ccnc(NC(=O)c2oc3c(c2C)/C(=N/NC(=O)c2ccc(Br)cc2)CCC3)c1. The molecule has 4 rings (SSSR count). The quantitative estimate of drug-likeness (QED) is 0.525. The second-order valence-corrected chi connectivity index (χ2v) is 8.30. The summed E-state index contributed by atoms with van der Waals surface area (Å²) in [6, 6.07) is 10.7. The van der Waals surface area contributed by atoms with Gasteiger partial charge in [-0.2, -0.15) is 5.10 Å². The van der Waals surface area contributed by atoms with Gasteiger partial charge in [-0.3, -0.25) is 9.59 Å². The van der Waals surface area contributed by atoms with Crippen LogP contribution < -0.4 is 10.7 Å². The first-order valence-corrected chi connectivity index (χ1v) is 10.7. The first kappa shape index (κ1) is 21.0. The maximum atomic E-state index is 12.8. The van der Waals surface area contributed by atoms with Gasteiger partial charge in [-0.25, -0.2) is 10.4 Å². The number of pyridine rings is 1. The number of nitrogens with one attached hydrogen (secondary N) is 2. The molecule has 2 amide bonds. The molecule has 8 heteroatoms. The fraction of sp³-hybridized carbons (Fsp3) is 0.217. The Morgan fingerprint density at radius 2 is 1.87 bits per heavy atom. The number of aromatic nitrogens is 1. The highest BCUT2D eigenvalue weighted by molar-refractivity contribution is 9.10. The van der Waals surface area contributed by atoms with Crippen LogP contribution in [0.1, 0.15) is 56.2 Å². The monoisotopic (exact) mass is 480 g/mol. The third kappa shape index (κ3) is 4.59. The number of carbonyl (C=O) groups is 2. The molecule has 158 valence electrons. The van der Waals surface area contributed by atoms with Crippen LogP contribution in [0.5, 0.6) is 0 Å². The van der Waals surface area contributed by atoms with Crippen molar-refractivity contribution >= 4 is 39.3 Å². The summed E-state index contributed by atoms with van der Waals surface area (Å²) in [5, 5.41) is 7.14. The average molecular weight is 481 g/mol. The second-order valence-electron chi connectivity index (χ2n) is 7.39. The van der Waals surface area contributed by atoms with Crippen molar-refractivity contribution in [2.24, 2.45) is 5.10 Å². The van der Waals surface area contributed by atoms with Crippen LogP contribution in [-0.4, -0.2) is 22.5 Å². The van der Waals surface area contributed by atoms with E-state index in [1.807, 2.05) is 19.9 Å². The highest BCUT2D eigenvalue weighted by Crippen LogP contribution is 2.30. The Hall–Kier alpha value is -3.26. The van der Waals surface area contributed by atoms with E-state index < -0.39 is 0 Å². The number of fused-ring (bicyclic) bond motifs is 1. The molecule has 2 heterocycles. The van der Waals surface area contributed by atoms with Gasteiger partial charge >= 0.3 is 0 Å². The van der Waals surface area contributed by atoms with Gasteiger partial charge in [0, 0.05) is 33.8 Å². The number of furan rings is 1. The molecular weight excluding hydrogens is 460 g/mol. The second kappa shape index (κ2) is 8.85. The summed E-state index contributed by atoms with van der Waals surface area (Å²) in [6.45, 7) is 3.76. The average Bonchev–Trinajstić information content (AvgIpc) is 3.10. The number of rotatable bonds is 4. The topological polar surface area (TPSA) is 96.6 Å². The van der Waals surface area contributed by atoms with Gasteiger partial charge in [0.15, 0.2) is 5.76 Å². The van der Waals surface area contributed by atoms with Crippen LogP contribution in [0.2, 0.25) is 0 Å². The minimum Gasteiger partial charge on any atom is -0.455 e.